The van der Waals surface area contributed by atoms with E-state index < -0.39 is 0 Å². The molecule has 21 heavy (non-hydrogen) atoms. The van der Waals surface area contributed by atoms with Crippen molar-refractivity contribution in [1.82, 2.24) is 0 Å². The molecule has 2 aliphatic carbocycles. The van der Waals surface area contributed by atoms with Gasteiger partial charge >= 0.3 is 0 Å². The molecule has 0 saturated heterocycles. The first-order valence-electron chi connectivity index (χ1n) is 9.44. The molecule has 2 aliphatic rings. The van der Waals surface area contributed by atoms with Gasteiger partial charge in [-0.2, -0.15) is 0 Å². The third kappa shape index (κ3) is 5.83. The van der Waals surface area contributed by atoms with Crippen LogP contribution in [0.5, 0.6) is 0 Å². The van der Waals surface area contributed by atoms with Crippen LogP contribution in [0.2, 0.25) is 0 Å². The van der Waals surface area contributed by atoms with Crippen molar-refractivity contribution in [2.75, 3.05) is 5.33 Å². The third-order valence-corrected chi connectivity index (χ3v) is 8.89. The molecule has 1 unspecified atom stereocenters. The van der Waals surface area contributed by atoms with Gasteiger partial charge in [-0.1, -0.05) is 77.3 Å². The van der Waals surface area contributed by atoms with Gasteiger partial charge in [0.05, 0.1) is 0 Å². The van der Waals surface area contributed by atoms with Crippen LogP contribution in [0.4, 0.5) is 0 Å². The molecule has 124 valence electrons. The van der Waals surface area contributed by atoms with Crippen LogP contribution in [-0.4, -0.2) is 10.2 Å². The quantitative estimate of drug-likeness (QED) is 0.298. The van der Waals surface area contributed by atoms with E-state index in [4.69, 9.17) is 0 Å². The molecular weight excluding hydrogens is 388 g/mol. The normalized spacial score (nSPS) is 35.6. The van der Waals surface area contributed by atoms with Crippen LogP contribution in [0, 0.1) is 23.7 Å². The smallest absolute Gasteiger partial charge is 0.0271 e. The molecule has 0 radical (unpaired) electrons. The van der Waals surface area contributed by atoms with Crippen molar-refractivity contribution in [2.24, 2.45) is 23.7 Å². The maximum atomic E-state index is 3.85. The molecule has 2 saturated carbocycles. The number of unbranched alkanes of at least 4 members (excludes halogenated alkanes) is 2. The Morgan fingerprint density at radius 1 is 0.857 bits per heavy atom. The lowest BCUT2D eigenvalue weighted by atomic mass is 9.68. The van der Waals surface area contributed by atoms with Gasteiger partial charge in [-0.15, -0.1) is 0 Å². The molecular formula is C19H34Br2. The maximum absolute atomic E-state index is 3.85. The second kappa shape index (κ2) is 9.96. The Bertz CT molecular complexity index is 263. The van der Waals surface area contributed by atoms with Gasteiger partial charge in [0.2, 0.25) is 0 Å². The van der Waals surface area contributed by atoms with Gasteiger partial charge in [0.1, 0.15) is 0 Å². The molecule has 0 bridgehead atoms. The van der Waals surface area contributed by atoms with Crippen molar-refractivity contribution in [3.63, 3.8) is 0 Å². The first kappa shape index (κ1) is 18.3. The lowest BCUT2D eigenvalue weighted by Gasteiger charge is -2.38. The van der Waals surface area contributed by atoms with Crippen LogP contribution >= 0.6 is 31.9 Å². The Kier molecular flexibility index (Phi) is 8.68. The van der Waals surface area contributed by atoms with E-state index in [-0.39, 0.29) is 0 Å². The van der Waals surface area contributed by atoms with Crippen molar-refractivity contribution in [2.45, 2.75) is 88.8 Å². The number of rotatable bonds is 7. The zero-order chi connectivity index (χ0) is 15.1. The molecule has 0 aromatic heterocycles. The lowest BCUT2D eigenvalue weighted by molar-refractivity contribution is 0.143. The van der Waals surface area contributed by atoms with Gasteiger partial charge in [0.15, 0.2) is 0 Å². The average Bonchev–Trinajstić information content (AvgIpc) is 2.55. The van der Waals surface area contributed by atoms with Crippen molar-refractivity contribution in [3.8, 4) is 0 Å². The zero-order valence-electron chi connectivity index (χ0n) is 13.8. The van der Waals surface area contributed by atoms with Crippen LogP contribution in [0.3, 0.4) is 0 Å². The van der Waals surface area contributed by atoms with Gasteiger partial charge in [-0.05, 0) is 62.2 Å². The topological polar surface area (TPSA) is 0 Å². The Morgan fingerprint density at radius 3 is 1.95 bits per heavy atom. The van der Waals surface area contributed by atoms with Crippen LogP contribution in [0.1, 0.15) is 84.0 Å². The van der Waals surface area contributed by atoms with Crippen LogP contribution in [-0.2, 0) is 0 Å². The minimum atomic E-state index is 0.702. The number of hydrogen-bond acceptors (Lipinski definition) is 0. The Labute approximate surface area is 149 Å². The first-order valence-corrected chi connectivity index (χ1v) is 11.5. The van der Waals surface area contributed by atoms with Crippen LogP contribution < -0.4 is 0 Å². The van der Waals surface area contributed by atoms with Crippen LogP contribution in [0.25, 0.3) is 0 Å². The van der Waals surface area contributed by atoms with E-state index in [1.165, 1.54) is 64.2 Å². The highest BCUT2D eigenvalue weighted by molar-refractivity contribution is 9.12. The molecule has 0 nitrogen and oxygen atoms in total. The summed E-state index contributed by atoms with van der Waals surface area (Å²) in [6, 6.07) is 0. The molecule has 0 heterocycles. The van der Waals surface area contributed by atoms with Gasteiger partial charge in [-0.3, -0.25) is 0 Å². The summed E-state index contributed by atoms with van der Waals surface area (Å²) in [5.74, 6) is 4.13. The first-order chi connectivity index (χ1) is 10.2. The van der Waals surface area contributed by atoms with E-state index in [9.17, 15) is 0 Å². The lowest BCUT2D eigenvalue weighted by Crippen LogP contribution is -2.28. The van der Waals surface area contributed by atoms with E-state index in [0.29, 0.717) is 4.83 Å². The summed E-state index contributed by atoms with van der Waals surface area (Å²) in [5, 5.41) is 1.12. The van der Waals surface area contributed by atoms with E-state index in [1.54, 1.807) is 12.8 Å². The summed E-state index contributed by atoms with van der Waals surface area (Å²) in [5.41, 5.74) is 0. The fraction of sp³-hybridized carbons (Fsp3) is 1.00. The van der Waals surface area contributed by atoms with E-state index in [2.05, 4.69) is 38.8 Å². The van der Waals surface area contributed by atoms with E-state index >= 15 is 0 Å². The molecule has 0 aromatic rings. The summed E-state index contributed by atoms with van der Waals surface area (Å²) >= 11 is 7.47. The Hall–Kier alpha value is 0.960. The molecule has 0 aromatic carbocycles. The van der Waals surface area contributed by atoms with Crippen LogP contribution in [0.15, 0.2) is 0 Å². The largest absolute Gasteiger partial charge is 0.0916 e. The summed E-state index contributed by atoms with van der Waals surface area (Å²) in [6.45, 7) is 2.32. The number of alkyl halides is 2. The zero-order valence-corrected chi connectivity index (χ0v) is 17.0. The molecule has 0 amide bonds. The van der Waals surface area contributed by atoms with E-state index in [0.717, 1.165) is 29.0 Å². The second-order valence-electron chi connectivity index (χ2n) is 7.62. The summed E-state index contributed by atoms with van der Waals surface area (Å²) in [6.07, 6.45) is 17.9. The highest BCUT2D eigenvalue weighted by Crippen LogP contribution is 2.43. The Balaban J connectivity index is 1.64. The predicted molar refractivity (Wildman–Crippen MR) is 102 cm³/mol. The molecule has 1 atom stereocenters. The van der Waals surface area contributed by atoms with Gasteiger partial charge in [0, 0.05) is 10.2 Å². The van der Waals surface area contributed by atoms with Crippen molar-refractivity contribution in [3.05, 3.63) is 0 Å². The van der Waals surface area contributed by atoms with Crippen molar-refractivity contribution < 1.29 is 0 Å². The maximum Gasteiger partial charge on any atom is 0.0271 e. The molecule has 2 heteroatoms. The highest BCUT2D eigenvalue weighted by atomic mass is 79.9. The van der Waals surface area contributed by atoms with Gasteiger partial charge in [0.25, 0.3) is 0 Å². The van der Waals surface area contributed by atoms with Gasteiger partial charge in [-0.25, -0.2) is 0 Å². The molecule has 0 aliphatic heterocycles. The SMILES string of the molecule is CCCCCC1CCC(C2CCC(C(Br)CBr)CC2)CC1. The summed E-state index contributed by atoms with van der Waals surface area (Å²) in [4.78, 5) is 0.702. The number of halogens is 2. The molecule has 0 N–H and O–H groups in total. The standard InChI is InChI=1S/C19H34Br2/c1-2-3-4-5-15-6-8-16(9-7-15)17-10-12-18(13-11-17)19(21)14-20/h15-19H,2-14H2,1H3. The fourth-order valence-corrected chi connectivity index (χ4v) is 5.79. The minimum Gasteiger partial charge on any atom is -0.0916 e. The monoisotopic (exact) mass is 420 g/mol. The Morgan fingerprint density at radius 2 is 1.43 bits per heavy atom. The van der Waals surface area contributed by atoms with Gasteiger partial charge < -0.3 is 0 Å². The third-order valence-electron chi connectivity index (χ3n) is 6.25. The molecule has 2 fully saturated rings. The second-order valence-corrected chi connectivity index (χ2v) is 9.45. The minimum absolute atomic E-state index is 0.702. The van der Waals surface area contributed by atoms with Crippen molar-refractivity contribution >= 4 is 31.9 Å². The summed E-state index contributed by atoms with van der Waals surface area (Å²) in [7, 11) is 0. The summed E-state index contributed by atoms with van der Waals surface area (Å²) < 4.78 is 0. The molecule has 0 spiro atoms. The van der Waals surface area contributed by atoms with Crippen molar-refractivity contribution in [1.29, 1.82) is 0 Å². The molecule has 2 rings (SSSR count). The predicted octanol–water partition coefficient (Wildman–Crippen LogP) is 7.34. The van der Waals surface area contributed by atoms with E-state index in [1.807, 2.05) is 0 Å². The highest BCUT2D eigenvalue weighted by Gasteiger charge is 2.32. The number of hydrogen-bond donors (Lipinski definition) is 0. The average molecular weight is 422 g/mol. The fourth-order valence-electron chi connectivity index (χ4n) is 4.74.